The average molecular weight is 311 g/mol. The van der Waals surface area contributed by atoms with Crippen molar-refractivity contribution in [2.24, 2.45) is 11.0 Å². The van der Waals surface area contributed by atoms with Crippen molar-refractivity contribution < 1.29 is 9.53 Å². The van der Waals surface area contributed by atoms with Crippen molar-refractivity contribution in [3.05, 3.63) is 28.3 Å². The number of rotatable bonds is 6. The Morgan fingerprint density at radius 3 is 2.43 bits per heavy atom. The number of nitrogens with one attached hydrogen (secondary N) is 1. The zero-order chi connectivity index (χ0) is 16.0. The zero-order valence-corrected chi connectivity index (χ0v) is 14.0. The van der Waals surface area contributed by atoms with E-state index < -0.39 is 0 Å². The maximum atomic E-state index is 11.7. The van der Waals surface area contributed by atoms with Crippen LogP contribution in [0.3, 0.4) is 0 Å². The van der Waals surface area contributed by atoms with Gasteiger partial charge in [0, 0.05) is 10.7 Å². The van der Waals surface area contributed by atoms with Gasteiger partial charge in [-0.25, -0.2) is 5.43 Å². The summed E-state index contributed by atoms with van der Waals surface area (Å²) in [5.41, 5.74) is 5.25. The summed E-state index contributed by atoms with van der Waals surface area (Å²) < 4.78 is 5.46. The first-order chi connectivity index (χ1) is 9.79. The third kappa shape index (κ3) is 6.17. The second kappa shape index (κ2) is 8.03. The smallest absolute Gasteiger partial charge is 0.277 e. The maximum absolute atomic E-state index is 11.7. The third-order valence-corrected chi connectivity index (χ3v) is 3.45. The minimum Gasteiger partial charge on any atom is -0.484 e. The summed E-state index contributed by atoms with van der Waals surface area (Å²) in [7, 11) is 0. The monoisotopic (exact) mass is 310 g/mol. The highest BCUT2D eigenvalue weighted by Gasteiger charge is 2.06. The molecule has 0 fully saturated rings. The van der Waals surface area contributed by atoms with Crippen molar-refractivity contribution in [2.45, 2.75) is 41.0 Å². The number of amides is 1. The molecule has 0 saturated carbocycles. The van der Waals surface area contributed by atoms with Crippen LogP contribution in [0, 0.1) is 19.8 Å². The molecule has 0 aromatic heterocycles. The zero-order valence-electron chi connectivity index (χ0n) is 13.3. The second-order valence-electron chi connectivity index (χ2n) is 5.64. The van der Waals surface area contributed by atoms with Crippen LogP contribution in [0.5, 0.6) is 5.75 Å². The van der Waals surface area contributed by atoms with E-state index in [1.165, 1.54) is 0 Å². The van der Waals surface area contributed by atoms with Gasteiger partial charge in [-0.1, -0.05) is 25.4 Å². The molecule has 4 nitrogen and oxygen atoms in total. The molecule has 116 valence electrons. The first-order valence-corrected chi connectivity index (χ1v) is 7.39. The van der Waals surface area contributed by atoms with Gasteiger partial charge >= 0.3 is 0 Å². The van der Waals surface area contributed by atoms with Crippen molar-refractivity contribution in [1.29, 1.82) is 0 Å². The van der Waals surface area contributed by atoms with Crippen molar-refractivity contribution >= 4 is 23.2 Å². The largest absolute Gasteiger partial charge is 0.484 e. The van der Waals surface area contributed by atoms with Crippen LogP contribution in [0.15, 0.2) is 17.2 Å². The Balaban J connectivity index is 2.50. The highest BCUT2D eigenvalue weighted by atomic mass is 35.5. The van der Waals surface area contributed by atoms with E-state index in [4.69, 9.17) is 16.3 Å². The summed E-state index contributed by atoms with van der Waals surface area (Å²) in [6.45, 7) is 9.85. The van der Waals surface area contributed by atoms with Gasteiger partial charge in [-0.3, -0.25) is 4.79 Å². The topological polar surface area (TPSA) is 50.7 Å². The summed E-state index contributed by atoms with van der Waals surface area (Å²) in [5.74, 6) is 0.873. The van der Waals surface area contributed by atoms with Gasteiger partial charge in [-0.05, 0) is 56.4 Å². The van der Waals surface area contributed by atoms with Gasteiger partial charge in [-0.15, -0.1) is 0 Å². The standard InChI is InChI=1S/C16H23ClN2O2/c1-10(2)6-13(5)18-19-15(20)9-21-14-7-11(3)16(17)12(4)8-14/h7-8,10H,6,9H2,1-5H3,(H,19,20)/b18-13+. The quantitative estimate of drug-likeness (QED) is 0.640. The maximum Gasteiger partial charge on any atom is 0.277 e. The fourth-order valence-corrected chi connectivity index (χ4v) is 2.07. The normalized spacial score (nSPS) is 11.7. The Hall–Kier alpha value is -1.55. The lowest BCUT2D eigenvalue weighted by molar-refractivity contribution is -0.123. The van der Waals surface area contributed by atoms with E-state index in [1.807, 2.05) is 32.9 Å². The van der Waals surface area contributed by atoms with Gasteiger partial charge in [0.05, 0.1) is 0 Å². The summed E-state index contributed by atoms with van der Waals surface area (Å²) in [6.07, 6.45) is 0.858. The summed E-state index contributed by atoms with van der Waals surface area (Å²) in [4.78, 5) is 11.7. The van der Waals surface area contributed by atoms with E-state index in [2.05, 4.69) is 24.4 Å². The number of carbonyl (C=O) groups excluding carboxylic acids is 1. The van der Waals surface area contributed by atoms with Gasteiger partial charge in [0.25, 0.3) is 5.91 Å². The fourth-order valence-electron chi connectivity index (χ4n) is 1.96. The lowest BCUT2D eigenvalue weighted by Gasteiger charge is -2.09. The van der Waals surface area contributed by atoms with E-state index >= 15 is 0 Å². The highest BCUT2D eigenvalue weighted by molar-refractivity contribution is 6.32. The molecule has 1 rings (SSSR count). The predicted molar refractivity (Wildman–Crippen MR) is 87.1 cm³/mol. The van der Waals surface area contributed by atoms with Crippen LogP contribution in [0.25, 0.3) is 0 Å². The first kappa shape index (κ1) is 17.5. The van der Waals surface area contributed by atoms with Crippen LogP contribution in [0.4, 0.5) is 0 Å². The number of benzene rings is 1. The van der Waals surface area contributed by atoms with Crippen molar-refractivity contribution in [3.63, 3.8) is 0 Å². The summed E-state index contributed by atoms with van der Waals surface area (Å²) >= 11 is 6.09. The van der Waals surface area contributed by atoms with Gasteiger partial charge in [0.1, 0.15) is 5.75 Å². The number of halogens is 1. The molecule has 1 aromatic carbocycles. The van der Waals surface area contributed by atoms with Crippen LogP contribution in [0.1, 0.15) is 38.3 Å². The van der Waals surface area contributed by atoms with Crippen LogP contribution < -0.4 is 10.2 Å². The molecule has 0 spiro atoms. The molecule has 0 saturated heterocycles. The molecule has 0 aliphatic rings. The Kier molecular flexibility index (Phi) is 6.69. The molecule has 5 heteroatoms. The minimum atomic E-state index is -0.275. The Morgan fingerprint density at radius 1 is 1.33 bits per heavy atom. The number of hydrogen-bond donors (Lipinski definition) is 1. The highest BCUT2D eigenvalue weighted by Crippen LogP contribution is 2.25. The van der Waals surface area contributed by atoms with Crippen LogP contribution in [-0.4, -0.2) is 18.2 Å². The summed E-state index contributed by atoms with van der Waals surface area (Å²) in [5, 5.41) is 4.76. The number of hydrazone groups is 1. The van der Waals surface area contributed by atoms with Crippen molar-refractivity contribution in [2.75, 3.05) is 6.61 Å². The minimum absolute atomic E-state index is 0.0705. The number of carbonyl (C=O) groups is 1. The molecule has 0 heterocycles. The van der Waals surface area contributed by atoms with Crippen LogP contribution in [0.2, 0.25) is 5.02 Å². The molecule has 1 amide bonds. The number of nitrogens with zero attached hydrogens (tertiary/aromatic N) is 1. The van der Waals surface area contributed by atoms with E-state index in [1.54, 1.807) is 0 Å². The average Bonchev–Trinajstić information content (AvgIpc) is 2.39. The van der Waals surface area contributed by atoms with Gasteiger partial charge in [0.15, 0.2) is 6.61 Å². The molecule has 0 radical (unpaired) electrons. The molecule has 0 aliphatic carbocycles. The Morgan fingerprint density at radius 2 is 1.90 bits per heavy atom. The first-order valence-electron chi connectivity index (χ1n) is 7.01. The van der Waals surface area contributed by atoms with Crippen LogP contribution >= 0.6 is 11.6 Å². The second-order valence-corrected chi connectivity index (χ2v) is 6.02. The van der Waals surface area contributed by atoms with E-state index in [-0.39, 0.29) is 12.5 Å². The predicted octanol–water partition coefficient (Wildman–Crippen LogP) is 3.87. The van der Waals surface area contributed by atoms with Gasteiger partial charge in [-0.2, -0.15) is 5.10 Å². The Labute approximate surface area is 131 Å². The molecule has 0 atom stereocenters. The summed E-state index contributed by atoms with van der Waals surface area (Å²) in [6, 6.07) is 3.63. The molecular weight excluding hydrogens is 288 g/mol. The number of hydrogen-bond acceptors (Lipinski definition) is 3. The SMILES string of the molecule is C/C(CC(C)C)=N\NC(=O)COc1cc(C)c(Cl)c(C)c1. The third-order valence-electron chi connectivity index (χ3n) is 2.86. The van der Waals surface area contributed by atoms with Gasteiger partial charge in [0.2, 0.25) is 0 Å². The molecular formula is C16H23ClN2O2. The van der Waals surface area contributed by atoms with Gasteiger partial charge < -0.3 is 4.74 Å². The molecule has 21 heavy (non-hydrogen) atoms. The Bertz CT molecular complexity index is 516. The molecule has 0 bridgehead atoms. The molecule has 0 unspecified atom stereocenters. The molecule has 1 N–H and O–H groups in total. The lowest BCUT2D eigenvalue weighted by Crippen LogP contribution is -2.25. The molecule has 1 aromatic rings. The fraction of sp³-hybridized carbons (Fsp3) is 0.500. The van der Waals surface area contributed by atoms with Crippen molar-refractivity contribution in [3.8, 4) is 5.75 Å². The van der Waals surface area contributed by atoms with E-state index in [0.29, 0.717) is 11.7 Å². The van der Waals surface area contributed by atoms with Crippen molar-refractivity contribution in [1.82, 2.24) is 5.43 Å². The lowest BCUT2D eigenvalue weighted by atomic mass is 10.1. The van der Waals surface area contributed by atoms with E-state index in [0.717, 1.165) is 28.3 Å². The van der Waals surface area contributed by atoms with E-state index in [9.17, 15) is 4.79 Å². The molecule has 0 aliphatic heterocycles. The number of ether oxygens (including phenoxy) is 1. The number of aryl methyl sites for hydroxylation is 2. The van der Waals surface area contributed by atoms with Crippen LogP contribution in [-0.2, 0) is 4.79 Å².